The first-order chi connectivity index (χ1) is 15.9. The van der Waals surface area contributed by atoms with E-state index in [0.29, 0.717) is 0 Å². The molecular formula is C27H29N3O3. The summed E-state index contributed by atoms with van der Waals surface area (Å²) in [5, 5.41) is 5.53. The zero-order valence-corrected chi connectivity index (χ0v) is 18.7. The standard InChI is InChI=1S/C27H29N3O3/c1-19(21-8-4-2-5-9-21)29-25(31)16-17-26(32)30-24(27(28)33)18-20-12-14-23(15-13-20)22-10-6-3-7-11-22/h2-15,19,24H,16-18H2,1H3,(H2,28,33)(H,29,31)(H,30,32)/t19-,24-/m1/s1. The Labute approximate surface area is 194 Å². The number of carbonyl (C=O) groups is 3. The van der Waals surface area contributed by atoms with Crippen molar-refractivity contribution in [2.45, 2.75) is 38.3 Å². The number of carbonyl (C=O) groups excluding carboxylic acids is 3. The van der Waals surface area contributed by atoms with Gasteiger partial charge in [0.25, 0.3) is 0 Å². The Bertz CT molecular complexity index is 1070. The van der Waals surface area contributed by atoms with Gasteiger partial charge in [-0.05, 0) is 29.2 Å². The van der Waals surface area contributed by atoms with E-state index in [1.54, 1.807) is 0 Å². The first-order valence-corrected chi connectivity index (χ1v) is 11.0. The lowest BCUT2D eigenvalue weighted by molar-refractivity contribution is -0.129. The van der Waals surface area contributed by atoms with Gasteiger partial charge in [-0.2, -0.15) is 0 Å². The number of amides is 3. The van der Waals surface area contributed by atoms with E-state index in [4.69, 9.17) is 5.73 Å². The van der Waals surface area contributed by atoms with Crippen LogP contribution in [0.1, 0.15) is 36.9 Å². The second-order valence-corrected chi connectivity index (χ2v) is 7.99. The number of nitrogens with one attached hydrogen (secondary N) is 2. The molecule has 0 saturated heterocycles. The number of hydrogen-bond acceptors (Lipinski definition) is 3. The Morgan fingerprint density at radius 1 is 0.727 bits per heavy atom. The average molecular weight is 444 g/mol. The van der Waals surface area contributed by atoms with Gasteiger partial charge < -0.3 is 16.4 Å². The molecule has 6 nitrogen and oxygen atoms in total. The van der Waals surface area contributed by atoms with Crippen LogP contribution in [0, 0.1) is 0 Å². The van der Waals surface area contributed by atoms with Crippen molar-refractivity contribution in [3.8, 4) is 11.1 Å². The van der Waals surface area contributed by atoms with Crippen molar-refractivity contribution in [2.24, 2.45) is 5.73 Å². The quantitative estimate of drug-likeness (QED) is 0.447. The molecule has 0 heterocycles. The lowest BCUT2D eigenvalue weighted by Gasteiger charge is -2.17. The molecule has 0 unspecified atom stereocenters. The normalized spacial score (nSPS) is 12.4. The highest BCUT2D eigenvalue weighted by Gasteiger charge is 2.19. The third-order valence-electron chi connectivity index (χ3n) is 5.44. The van der Waals surface area contributed by atoms with Crippen molar-refractivity contribution in [1.29, 1.82) is 0 Å². The number of hydrogen-bond donors (Lipinski definition) is 3. The zero-order chi connectivity index (χ0) is 23.6. The average Bonchev–Trinajstić information content (AvgIpc) is 2.84. The van der Waals surface area contributed by atoms with Gasteiger partial charge in [-0.25, -0.2) is 0 Å². The molecule has 0 aromatic heterocycles. The van der Waals surface area contributed by atoms with E-state index in [-0.39, 0.29) is 37.1 Å². The summed E-state index contributed by atoms with van der Waals surface area (Å²) in [7, 11) is 0. The second-order valence-electron chi connectivity index (χ2n) is 7.99. The molecule has 0 aliphatic heterocycles. The van der Waals surface area contributed by atoms with Crippen LogP contribution >= 0.6 is 0 Å². The van der Waals surface area contributed by atoms with Crippen LogP contribution in [-0.2, 0) is 20.8 Å². The van der Waals surface area contributed by atoms with Crippen LogP contribution in [0.5, 0.6) is 0 Å². The molecule has 0 bridgehead atoms. The van der Waals surface area contributed by atoms with Gasteiger partial charge in [0.1, 0.15) is 6.04 Å². The Hall–Kier alpha value is -3.93. The number of nitrogens with two attached hydrogens (primary N) is 1. The molecule has 170 valence electrons. The van der Waals surface area contributed by atoms with E-state index >= 15 is 0 Å². The summed E-state index contributed by atoms with van der Waals surface area (Å²) < 4.78 is 0. The number of rotatable bonds is 10. The van der Waals surface area contributed by atoms with Gasteiger partial charge in [0.15, 0.2) is 0 Å². The first kappa shape index (κ1) is 23.7. The summed E-state index contributed by atoms with van der Waals surface area (Å²) in [4.78, 5) is 36.5. The van der Waals surface area contributed by atoms with E-state index in [9.17, 15) is 14.4 Å². The van der Waals surface area contributed by atoms with Crippen LogP contribution < -0.4 is 16.4 Å². The third-order valence-corrected chi connectivity index (χ3v) is 5.44. The van der Waals surface area contributed by atoms with Gasteiger partial charge in [-0.15, -0.1) is 0 Å². The monoisotopic (exact) mass is 443 g/mol. The highest BCUT2D eigenvalue weighted by molar-refractivity contribution is 5.89. The van der Waals surface area contributed by atoms with Crippen molar-refractivity contribution < 1.29 is 14.4 Å². The fourth-order valence-corrected chi connectivity index (χ4v) is 3.55. The molecule has 3 aromatic carbocycles. The summed E-state index contributed by atoms with van der Waals surface area (Å²) in [5.74, 6) is -1.23. The minimum Gasteiger partial charge on any atom is -0.368 e. The molecule has 2 atom stereocenters. The Morgan fingerprint density at radius 3 is 1.82 bits per heavy atom. The highest BCUT2D eigenvalue weighted by Crippen LogP contribution is 2.19. The zero-order valence-electron chi connectivity index (χ0n) is 18.7. The summed E-state index contributed by atoms with van der Waals surface area (Å²) in [6.07, 6.45) is 0.289. The van der Waals surface area contributed by atoms with Crippen molar-refractivity contribution in [2.75, 3.05) is 0 Å². The maximum absolute atomic E-state index is 12.3. The topological polar surface area (TPSA) is 101 Å². The molecule has 3 aromatic rings. The lowest BCUT2D eigenvalue weighted by atomic mass is 10.0. The summed E-state index contributed by atoms with van der Waals surface area (Å²) in [5.41, 5.74) is 9.54. The van der Waals surface area contributed by atoms with Gasteiger partial charge in [0, 0.05) is 19.3 Å². The predicted molar refractivity (Wildman–Crippen MR) is 129 cm³/mol. The minimum atomic E-state index is -0.841. The molecule has 0 radical (unpaired) electrons. The van der Waals surface area contributed by atoms with Gasteiger partial charge in [-0.1, -0.05) is 84.9 Å². The molecule has 33 heavy (non-hydrogen) atoms. The molecular weight excluding hydrogens is 414 g/mol. The number of primary amides is 1. The lowest BCUT2D eigenvalue weighted by Crippen LogP contribution is -2.46. The van der Waals surface area contributed by atoms with Crippen LogP contribution in [-0.4, -0.2) is 23.8 Å². The molecule has 3 amide bonds. The van der Waals surface area contributed by atoms with Crippen molar-refractivity contribution in [3.63, 3.8) is 0 Å². The molecule has 0 aliphatic carbocycles. The van der Waals surface area contributed by atoms with E-state index in [0.717, 1.165) is 22.3 Å². The summed E-state index contributed by atoms with van der Waals surface area (Å²) in [6.45, 7) is 1.89. The smallest absolute Gasteiger partial charge is 0.240 e. The van der Waals surface area contributed by atoms with Gasteiger partial charge in [-0.3, -0.25) is 14.4 Å². The summed E-state index contributed by atoms with van der Waals surface area (Å²) >= 11 is 0. The second kappa shape index (κ2) is 11.6. The SMILES string of the molecule is C[C@@H](NC(=O)CCC(=O)N[C@H](Cc1ccc(-c2ccccc2)cc1)C(N)=O)c1ccccc1. The largest absolute Gasteiger partial charge is 0.368 e. The van der Waals surface area contributed by atoms with Crippen molar-refractivity contribution in [3.05, 3.63) is 96.1 Å². The van der Waals surface area contributed by atoms with E-state index in [1.807, 2.05) is 91.9 Å². The van der Waals surface area contributed by atoms with Crippen LogP contribution in [0.4, 0.5) is 0 Å². The molecule has 0 aliphatic rings. The van der Waals surface area contributed by atoms with Crippen molar-refractivity contribution in [1.82, 2.24) is 10.6 Å². The highest BCUT2D eigenvalue weighted by atomic mass is 16.2. The fourth-order valence-electron chi connectivity index (χ4n) is 3.55. The maximum Gasteiger partial charge on any atom is 0.240 e. The minimum absolute atomic E-state index is 0.0237. The molecule has 6 heteroatoms. The Balaban J connectivity index is 1.49. The molecule has 3 rings (SSSR count). The predicted octanol–water partition coefficient (Wildman–Crippen LogP) is 3.52. The van der Waals surface area contributed by atoms with Crippen LogP contribution in [0.2, 0.25) is 0 Å². The van der Waals surface area contributed by atoms with Gasteiger partial charge in [0.2, 0.25) is 17.7 Å². The molecule has 0 saturated carbocycles. The van der Waals surface area contributed by atoms with Crippen LogP contribution in [0.15, 0.2) is 84.9 Å². The summed E-state index contributed by atoms with van der Waals surface area (Å²) in [6, 6.07) is 26.4. The van der Waals surface area contributed by atoms with E-state index in [1.165, 1.54) is 0 Å². The third kappa shape index (κ3) is 7.31. The van der Waals surface area contributed by atoms with Gasteiger partial charge in [0.05, 0.1) is 6.04 Å². The molecule has 0 fully saturated rings. The maximum atomic E-state index is 12.3. The van der Waals surface area contributed by atoms with Gasteiger partial charge >= 0.3 is 0 Å². The van der Waals surface area contributed by atoms with E-state index in [2.05, 4.69) is 10.6 Å². The fraction of sp³-hybridized carbons (Fsp3) is 0.222. The molecule has 0 spiro atoms. The number of benzene rings is 3. The Morgan fingerprint density at radius 2 is 1.24 bits per heavy atom. The van der Waals surface area contributed by atoms with E-state index < -0.39 is 11.9 Å². The van der Waals surface area contributed by atoms with Crippen molar-refractivity contribution >= 4 is 17.7 Å². The molecule has 4 N–H and O–H groups in total. The first-order valence-electron chi connectivity index (χ1n) is 11.0. The van der Waals surface area contributed by atoms with Crippen LogP contribution in [0.3, 0.4) is 0 Å². The van der Waals surface area contributed by atoms with Crippen LogP contribution in [0.25, 0.3) is 11.1 Å². The Kier molecular flexibility index (Phi) is 8.36.